The molecule has 6 nitrogen and oxygen atoms in total. The van der Waals surface area contributed by atoms with Crippen LogP contribution in [0.15, 0.2) is 5.16 Å². The Morgan fingerprint density at radius 3 is 2.31 bits per heavy atom. The van der Waals surface area contributed by atoms with Gasteiger partial charge in [0, 0.05) is 7.05 Å². The highest BCUT2D eigenvalue weighted by atomic mass is 16.4. The van der Waals surface area contributed by atoms with Crippen molar-refractivity contribution in [3.63, 3.8) is 0 Å². The Kier molecular flexibility index (Phi) is 4.39. The number of urea groups is 1. The van der Waals surface area contributed by atoms with E-state index in [0.29, 0.717) is 0 Å². The van der Waals surface area contributed by atoms with Crippen molar-refractivity contribution in [3.05, 3.63) is 0 Å². The van der Waals surface area contributed by atoms with Crippen LogP contribution in [-0.2, 0) is 0 Å². The van der Waals surface area contributed by atoms with Gasteiger partial charge in [0.25, 0.3) is 0 Å². The summed E-state index contributed by atoms with van der Waals surface area (Å²) in [7, 11) is 1.55. The molecule has 1 rings (SSSR count). The van der Waals surface area contributed by atoms with Crippen molar-refractivity contribution < 1.29 is 10.0 Å². The summed E-state index contributed by atoms with van der Waals surface area (Å²) in [5, 5.41) is 17.2. The molecule has 0 aromatic rings. The zero-order valence-corrected chi connectivity index (χ0v) is 9.62. The molecule has 0 saturated heterocycles. The molecular formula is C10H20N4O2. The molecule has 6 heteroatoms. The van der Waals surface area contributed by atoms with Gasteiger partial charge in [0.2, 0.25) is 0 Å². The lowest BCUT2D eigenvalue weighted by Gasteiger charge is -2.32. The van der Waals surface area contributed by atoms with Gasteiger partial charge >= 0.3 is 6.03 Å². The fraction of sp³-hybridized carbons (Fsp3) is 0.800. The average Bonchev–Trinajstić information content (AvgIpc) is 2.54. The van der Waals surface area contributed by atoms with Crippen LogP contribution >= 0.6 is 0 Å². The highest BCUT2D eigenvalue weighted by Gasteiger charge is 2.36. The maximum absolute atomic E-state index is 11.4. The van der Waals surface area contributed by atoms with E-state index in [1.807, 2.05) is 0 Å². The highest BCUT2D eigenvalue weighted by molar-refractivity contribution is 5.93. The number of hydrogen-bond acceptors (Lipinski definition) is 3. The molecule has 0 unspecified atom stereocenters. The van der Waals surface area contributed by atoms with Crippen LogP contribution in [0.3, 0.4) is 0 Å². The largest absolute Gasteiger partial charge is 0.409 e. The van der Waals surface area contributed by atoms with Crippen LogP contribution in [0.1, 0.15) is 38.5 Å². The van der Waals surface area contributed by atoms with Gasteiger partial charge in [-0.25, -0.2) is 4.79 Å². The Bertz CT molecular complexity index is 270. The maximum atomic E-state index is 11.4. The molecule has 0 spiro atoms. The van der Waals surface area contributed by atoms with Gasteiger partial charge in [-0.2, -0.15) is 0 Å². The van der Waals surface area contributed by atoms with Crippen LogP contribution in [0.25, 0.3) is 0 Å². The number of nitrogens with one attached hydrogen (secondary N) is 2. The zero-order valence-electron chi connectivity index (χ0n) is 9.62. The highest BCUT2D eigenvalue weighted by Crippen LogP contribution is 2.27. The molecule has 92 valence electrons. The molecule has 1 aliphatic carbocycles. The summed E-state index contributed by atoms with van der Waals surface area (Å²) < 4.78 is 0. The number of amidine groups is 1. The Morgan fingerprint density at radius 1 is 1.31 bits per heavy atom. The number of nitrogens with two attached hydrogens (primary N) is 1. The third-order valence-electron chi connectivity index (χ3n) is 3.14. The molecular weight excluding hydrogens is 208 g/mol. The lowest BCUT2D eigenvalue weighted by atomic mass is 9.89. The number of oxime groups is 1. The summed E-state index contributed by atoms with van der Waals surface area (Å²) in [6.45, 7) is 0. The third-order valence-corrected chi connectivity index (χ3v) is 3.14. The van der Waals surface area contributed by atoms with E-state index >= 15 is 0 Å². The summed E-state index contributed by atoms with van der Waals surface area (Å²) >= 11 is 0. The van der Waals surface area contributed by atoms with E-state index in [9.17, 15) is 4.79 Å². The number of amides is 2. The molecule has 0 aromatic carbocycles. The second kappa shape index (κ2) is 5.58. The molecule has 0 radical (unpaired) electrons. The van der Waals surface area contributed by atoms with Crippen LogP contribution in [0, 0.1) is 0 Å². The summed E-state index contributed by atoms with van der Waals surface area (Å²) in [6, 6.07) is -0.298. The minimum Gasteiger partial charge on any atom is -0.409 e. The minimum atomic E-state index is -0.689. The first-order valence-electron chi connectivity index (χ1n) is 5.62. The van der Waals surface area contributed by atoms with Crippen LogP contribution < -0.4 is 16.4 Å². The van der Waals surface area contributed by atoms with Crippen molar-refractivity contribution in [3.8, 4) is 0 Å². The Morgan fingerprint density at radius 2 is 1.88 bits per heavy atom. The van der Waals surface area contributed by atoms with Gasteiger partial charge in [-0.05, 0) is 12.8 Å². The number of hydrogen-bond donors (Lipinski definition) is 4. The van der Waals surface area contributed by atoms with E-state index in [-0.39, 0.29) is 11.9 Å². The lowest BCUT2D eigenvalue weighted by Crippen LogP contribution is -2.59. The predicted molar refractivity (Wildman–Crippen MR) is 61.4 cm³/mol. The van der Waals surface area contributed by atoms with Crippen molar-refractivity contribution >= 4 is 11.9 Å². The van der Waals surface area contributed by atoms with Crippen LogP contribution in [0.5, 0.6) is 0 Å². The van der Waals surface area contributed by atoms with Crippen molar-refractivity contribution in [2.24, 2.45) is 10.9 Å². The van der Waals surface area contributed by atoms with Crippen molar-refractivity contribution in [2.45, 2.75) is 44.1 Å². The normalized spacial score (nSPS) is 20.9. The smallest absolute Gasteiger partial charge is 0.315 e. The molecule has 1 aliphatic rings. The molecule has 16 heavy (non-hydrogen) atoms. The van der Waals surface area contributed by atoms with Gasteiger partial charge in [0.1, 0.15) is 5.54 Å². The standard InChI is InChI=1S/C10H20N4O2/c1-12-9(15)13-10(8(11)14-16)6-4-2-3-5-7-10/h16H,2-7H2,1H3,(H2,11,14)(H2,12,13,15). The molecule has 5 N–H and O–H groups in total. The van der Waals surface area contributed by atoms with Gasteiger partial charge in [-0.1, -0.05) is 30.8 Å². The van der Waals surface area contributed by atoms with Gasteiger partial charge in [0.05, 0.1) is 0 Å². The lowest BCUT2D eigenvalue weighted by molar-refractivity contribution is 0.230. The van der Waals surface area contributed by atoms with Crippen molar-refractivity contribution in [1.82, 2.24) is 10.6 Å². The number of rotatable bonds is 2. The Labute approximate surface area is 95.3 Å². The molecule has 0 bridgehead atoms. The summed E-state index contributed by atoms with van der Waals surface area (Å²) in [6.07, 6.45) is 5.62. The minimum absolute atomic E-state index is 0.0954. The molecule has 1 saturated carbocycles. The quantitative estimate of drug-likeness (QED) is 0.184. The van der Waals surface area contributed by atoms with Crippen molar-refractivity contribution in [1.29, 1.82) is 0 Å². The number of carbonyl (C=O) groups is 1. The first kappa shape index (κ1) is 12.6. The van der Waals surface area contributed by atoms with Crippen LogP contribution in [0.4, 0.5) is 4.79 Å². The number of carbonyl (C=O) groups excluding carboxylic acids is 1. The first-order valence-corrected chi connectivity index (χ1v) is 5.62. The second-order valence-electron chi connectivity index (χ2n) is 4.19. The van der Waals surface area contributed by atoms with Crippen LogP contribution in [-0.4, -0.2) is 29.7 Å². The topological polar surface area (TPSA) is 99.7 Å². The van der Waals surface area contributed by atoms with E-state index in [1.165, 1.54) is 0 Å². The van der Waals surface area contributed by atoms with Gasteiger partial charge in [-0.3, -0.25) is 0 Å². The molecule has 0 atom stereocenters. The molecule has 0 aliphatic heterocycles. The van der Waals surface area contributed by atoms with E-state index < -0.39 is 5.54 Å². The average molecular weight is 228 g/mol. The van der Waals surface area contributed by atoms with Gasteiger partial charge in [0.15, 0.2) is 5.84 Å². The SMILES string of the molecule is CNC(=O)NC1(C(N)=NO)CCCCCC1. The Balaban J connectivity index is 2.85. The van der Waals surface area contributed by atoms with Crippen LogP contribution in [0.2, 0.25) is 0 Å². The molecule has 1 fully saturated rings. The third kappa shape index (κ3) is 2.77. The van der Waals surface area contributed by atoms with E-state index in [1.54, 1.807) is 7.05 Å². The van der Waals surface area contributed by atoms with Crippen molar-refractivity contribution in [2.75, 3.05) is 7.05 Å². The Hall–Kier alpha value is -1.46. The zero-order chi connectivity index (χ0) is 12.0. The summed E-state index contributed by atoms with van der Waals surface area (Å²) in [5.41, 5.74) is 5.02. The van der Waals surface area contributed by atoms with Gasteiger partial charge < -0.3 is 21.6 Å². The monoisotopic (exact) mass is 228 g/mol. The van der Waals surface area contributed by atoms with E-state index in [2.05, 4.69) is 15.8 Å². The summed E-state index contributed by atoms with van der Waals surface area (Å²) in [5.74, 6) is 0.0954. The van der Waals surface area contributed by atoms with Gasteiger partial charge in [-0.15, -0.1) is 0 Å². The number of nitrogens with zero attached hydrogens (tertiary/aromatic N) is 1. The molecule has 0 aromatic heterocycles. The second-order valence-corrected chi connectivity index (χ2v) is 4.19. The van der Waals surface area contributed by atoms with E-state index in [4.69, 9.17) is 10.9 Å². The van der Waals surface area contributed by atoms with E-state index in [0.717, 1.165) is 38.5 Å². The summed E-state index contributed by atoms with van der Waals surface area (Å²) in [4.78, 5) is 11.4. The predicted octanol–water partition coefficient (Wildman–Crippen LogP) is 0.755. The fourth-order valence-corrected chi connectivity index (χ4v) is 2.15. The maximum Gasteiger partial charge on any atom is 0.315 e. The fourth-order valence-electron chi connectivity index (χ4n) is 2.15. The molecule has 2 amide bonds. The molecule has 0 heterocycles. The first-order chi connectivity index (χ1) is 7.64.